The number of hydrogen-bond acceptors (Lipinski definition) is 5. The van der Waals surface area contributed by atoms with Gasteiger partial charge in [0.05, 0.1) is 11.3 Å². The zero-order valence-electron chi connectivity index (χ0n) is 17.6. The molecule has 1 atom stereocenters. The van der Waals surface area contributed by atoms with Crippen molar-refractivity contribution in [3.8, 4) is 0 Å². The second kappa shape index (κ2) is 8.96. The van der Waals surface area contributed by atoms with E-state index in [1.807, 2.05) is 50.2 Å². The maximum atomic E-state index is 12.9. The number of amides is 1. The van der Waals surface area contributed by atoms with Crippen LogP contribution in [0.15, 0.2) is 57.9 Å². The molecule has 0 saturated carbocycles. The minimum Gasteiger partial charge on any atom is -0.371 e. The zero-order chi connectivity index (χ0) is 21.1. The Morgan fingerprint density at radius 1 is 1.20 bits per heavy atom. The molecular weight excluding hydrogens is 394 g/mol. The van der Waals surface area contributed by atoms with E-state index >= 15 is 0 Å². The van der Waals surface area contributed by atoms with Crippen molar-refractivity contribution in [1.82, 2.24) is 5.16 Å². The molecule has 1 saturated heterocycles. The summed E-state index contributed by atoms with van der Waals surface area (Å²) in [6, 6.07) is 15.8. The van der Waals surface area contributed by atoms with Crippen LogP contribution in [0.25, 0.3) is 0 Å². The highest BCUT2D eigenvalue weighted by atomic mass is 32.2. The van der Waals surface area contributed by atoms with Gasteiger partial charge in [-0.25, -0.2) is 0 Å². The molecular formula is C24H27N3O2S. The second-order valence-corrected chi connectivity index (χ2v) is 8.95. The van der Waals surface area contributed by atoms with Crippen LogP contribution in [0.4, 0.5) is 11.4 Å². The number of rotatable bonds is 6. The van der Waals surface area contributed by atoms with Crippen molar-refractivity contribution in [1.29, 1.82) is 0 Å². The quantitative estimate of drug-likeness (QED) is 0.519. The first-order chi connectivity index (χ1) is 14.5. The molecule has 1 amide bonds. The Labute approximate surface area is 181 Å². The van der Waals surface area contributed by atoms with Crippen molar-refractivity contribution in [3.05, 3.63) is 71.1 Å². The van der Waals surface area contributed by atoms with Crippen LogP contribution in [0.1, 0.15) is 40.7 Å². The lowest BCUT2D eigenvalue weighted by atomic mass is 10.2. The zero-order valence-corrected chi connectivity index (χ0v) is 18.5. The lowest BCUT2D eigenvalue weighted by Gasteiger charge is -2.18. The van der Waals surface area contributed by atoms with E-state index in [9.17, 15) is 4.79 Å². The van der Waals surface area contributed by atoms with Gasteiger partial charge in [0.15, 0.2) is 0 Å². The van der Waals surface area contributed by atoms with Gasteiger partial charge < -0.3 is 14.7 Å². The number of aryl methyl sites for hydroxylation is 2. The van der Waals surface area contributed by atoms with Gasteiger partial charge in [0, 0.05) is 40.7 Å². The molecule has 30 heavy (non-hydrogen) atoms. The summed E-state index contributed by atoms with van der Waals surface area (Å²) in [6.45, 7) is 8.35. The van der Waals surface area contributed by atoms with Crippen molar-refractivity contribution >= 4 is 29.0 Å². The highest BCUT2D eigenvalue weighted by Gasteiger charge is 2.19. The third-order valence-electron chi connectivity index (χ3n) is 5.60. The van der Waals surface area contributed by atoms with Gasteiger partial charge in [0.2, 0.25) is 0 Å². The Hall–Kier alpha value is -2.73. The largest absolute Gasteiger partial charge is 0.371 e. The molecule has 6 heteroatoms. The molecule has 1 aliphatic heterocycles. The van der Waals surface area contributed by atoms with Crippen LogP contribution in [-0.4, -0.2) is 24.2 Å². The predicted molar refractivity (Wildman–Crippen MR) is 122 cm³/mol. The normalized spacial score (nSPS) is 16.1. The van der Waals surface area contributed by atoms with Gasteiger partial charge in [-0.1, -0.05) is 24.2 Å². The van der Waals surface area contributed by atoms with Crippen LogP contribution in [0.2, 0.25) is 0 Å². The van der Waals surface area contributed by atoms with E-state index in [0.717, 1.165) is 46.6 Å². The van der Waals surface area contributed by atoms with Gasteiger partial charge in [-0.05, 0) is 62.6 Å². The Morgan fingerprint density at radius 2 is 1.97 bits per heavy atom. The fourth-order valence-corrected chi connectivity index (χ4v) is 4.96. The first-order valence-electron chi connectivity index (χ1n) is 10.3. The molecule has 2 heterocycles. The van der Waals surface area contributed by atoms with E-state index in [0.29, 0.717) is 11.3 Å². The number of benzene rings is 2. The summed E-state index contributed by atoms with van der Waals surface area (Å²) < 4.78 is 5.25. The number of anilines is 2. The molecule has 1 aliphatic rings. The van der Waals surface area contributed by atoms with Gasteiger partial charge in [-0.2, -0.15) is 0 Å². The molecule has 1 aromatic heterocycles. The van der Waals surface area contributed by atoms with Gasteiger partial charge in [0.1, 0.15) is 5.76 Å². The summed E-state index contributed by atoms with van der Waals surface area (Å²) >= 11 is 1.62. The molecule has 4 rings (SSSR count). The Bertz CT molecular complexity index is 1010. The molecule has 156 valence electrons. The Kier molecular flexibility index (Phi) is 6.13. The highest BCUT2D eigenvalue weighted by Crippen LogP contribution is 2.30. The number of nitrogens with zero attached hydrogens (tertiary/aromatic N) is 2. The van der Waals surface area contributed by atoms with E-state index in [4.69, 9.17) is 4.52 Å². The molecule has 0 bridgehead atoms. The molecule has 0 spiro atoms. The van der Waals surface area contributed by atoms with Gasteiger partial charge in [-0.15, -0.1) is 11.8 Å². The Balaban J connectivity index is 1.43. The molecule has 0 radical (unpaired) electrons. The van der Waals surface area contributed by atoms with E-state index in [1.54, 1.807) is 11.8 Å². The smallest absolute Gasteiger partial charge is 0.256 e. The minimum absolute atomic E-state index is 0.0978. The number of nitrogens with one attached hydrogen (secondary N) is 1. The molecule has 1 unspecified atom stereocenters. The van der Waals surface area contributed by atoms with Crippen molar-refractivity contribution in [3.63, 3.8) is 0 Å². The van der Waals surface area contributed by atoms with Crippen molar-refractivity contribution in [2.75, 3.05) is 23.3 Å². The van der Waals surface area contributed by atoms with E-state index < -0.39 is 0 Å². The fourth-order valence-electron chi connectivity index (χ4n) is 3.76. The second-order valence-electron chi connectivity index (χ2n) is 7.93. The number of thioether (sulfide) groups is 1. The number of carbonyl (C=O) groups excluding carboxylic acids is 1. The van der Waals surface area contributed by atoms with Crippen LogP contribution < -0.4 is 10.2 Å². The van der Waals surface area contributed by atoms with Gasteiger partial charge in [-0.3, -0.25) is 4.79 Å². The van der Waals surface area contributed by atoms with E-state index in [2.05, 4.69) is 34.4 Å². The minimum atomic E-state index is -0.0978. The molecule has 1 fully saturated rings. The average molecular weight is 422 g/mol. The highest BCUT2D eigenvalue weighted by molar-refractivity contribution is 7.98. The van der Waals surface area contributed by atoms with Gasteiger partial charge >= 0.3 is 0 Å². The van der Waals surface area contributed by atoms with Crippen LogP contribution in [-0.2, 0) is 5.75 Å². The number of carbonyl (C=O) groups is 1. The third-order valence-corrected chi connectivity index (χ3v) is 6.70. The van der Waals surface area contributed by atoms with Crippen molar-refractivity contribution in [2.45, 2.75) is 37.8 Å². The fraction of sp³-hybridized carbons (Fsp3) is 0.333. The first kappa shape index (κ1) is 20.5. The summed E-state index contributed by atoms with van der Waals surface area (Å²) in [5.74, 6) is 2.19. The van der Waals surface area contributed by atoms with Crippen LogP contribution in [0.3, 0.4) is 0 Å². The summed E-state index contributed by atoms with van der Waals surface area (Å²) in [6.07, 6.45) is 1.24. The number of hydrogen-bond donors (Lipinski definition) is 1. The van der Waals surface area contributed by atoms with E-state index in [-0.39, 0.29) is 5.91 Å². The summed E-state index contributed by atoms with van der Waals surface area (Å²) in [5, 5.41) is 7.05. The molecule has 2 aromatic carbocycles. The topological polar surface area (TPSA) is 58.4 Å². The summed E-state index contributed by atoms with van der Waals surface area (Å²) in [4.78, 5) is 16.3. The molecule has 0 aliphatic carbocycles. The average Bonchev–Trinajstić information content (AvgIpc) is 3.32. The maximum absolute atomic E-state index is 12.9. The predicted octanol–water partition coefficient (Wildman–Crippen LogP) is 5.68. The maximum Gasteiger partial charge on any atom is 0.256 e. The van der Waals surface area contributed by atoms with Crippen LogP contribution in [0, 0.1) is 19.8 Å². The molecule has 5 nitrogen and oxygen atoms in total. The van der Waals surface area contributed by atoms with Crippen molar-refractivity contribution < 1.29 is 9.32 Å². The molecule has 3 aromatic rings. The van der Waals surface area contributed by atoms with Crippen molar-refractivity contribution in [2.24, 2.45) is 5.92 Å². The van der Waals surface area contributed by atoms with E-state index in [1.165, 1.54) is 12.1 Å². The molecule has 1 N–H and O–H groups in total. The lowest BCUT2D eigenvalue weighted by Crippen LogP contribution is -2.19. The Morgan fingerprint density at radius 3 is 2.63 bits per heavy atom. The van der Waals surface area contributed by atoms with Crippen LogP contribution >= 0.6 is 11.8 Å². The summed E-state index contributed by atoms with van der Waals surface area (Å²) in [5.41, 5.74) is 4.68. The standard InChI is InChI=1S/C24H27N3O2S/c1-16-12-13-27(14-16)20-10-8-19(9-11-20)25-24(28)21-6-4-5-7-23(21)30-15-22-17(2)26-29-18(22)3/h4-11,16H,12-15H2,1-3H3,(H,25,28). The SMILES string of the molecule is Cc1noc(C)c1CSc1ccccc1C(=O)Nc1ccc(N2CCC(C)C2)cc1. The van der Waals surface area contributed by atoms with Gasteiger partial charge in [0.25, 0.3) is 5.91 Å². The monoisotopic (exact) mass is 421 g/mol. The lowest BCUT2D eigenvalue weighted by molar-refractivity contribution is 0.102. The number of aromatic nitrogens is 1. The summed E-state index contributed by atoms with van der Waals surface area (Å²) in [7, 11) is 0. The van der Waals surface area contributed by atoms with Crippen LogP contribution in [0.5, 0.6) is 0 Å². The third kappa shape index (κ3) is 4.54. The first-order valence-corrected chi connectivity index (χ1v) is 11.3.